The molecule has 4 fully saturated rings. The quantitative estimate of drug-likeness (QED) is 0.122. The van der Waals surface area contributed by atoms with Gasteiger partial charge in [-0.2, -0.15) is 0 Å². The molecule has 2 amide bonds. The molecule has 39 heavy (non-hydrogen) atoms. The Morgan fingerprint density at radius 1 is 1.31 bits per heavy atom. The second kappa shape index (κ2) is 10.4. The first-order valence-electron chi connectivity index (χ1n) is 12.7. The lowest BCUT2D eigenvalue weighted by Crippen LogP contribution is -2.71. The fourth-order valence-corrected chi connectivity index (χ4v) is 7.89. The maximum atomic E-state index is 13.2. The highest BCUT2D eigenvalue weighted by molar-refractivity contribution is 8.00. The van der Waals surface area contributed by atoms with Crippen molar-refractivity contribution in [2.75, 3.05) is 51.4 Å². The van der Waals surface area contributed by atoms with Crippen LogP contribution in [0.5, 0.6) is 0 Å². The molecule has 13 nitrogen and oxygen atoms in total. The highest BCUT2D eigenvalue weighted by Crippen LogP contribution is 2.47. The smallest absolute Gasteiger partial charge is 0.352 e. The number of β-lactam (4-membered cyclic amide) rings is 1. The summed E-state index contributed by atoms with van der Waals surface area (Å²) in [5.74, 6) is -2.03. The summed E-state index contributed by atoms with van der Waals surface area (Å²) < 4.78 is 6.04. The third-order valence-electron chi connectivity index (χ3n) is 8.13. The summed E-state index contributed by atoms with van der Waals surface area (Å²) in [5, 5.41) is 17.8. The van der Waals surface area contributed by atoms with E-state index in [1.807, 2.05) is 6.92 Å². The van der Waals surface area contributed by atoms with Crippen LogP contribution in [0, 0.1) is 5.41 Å². The molecule has 0 spiro atoms. The Morgan fingerprint density at radius 3 is 2.56 bits per heavy atom. The number of nitrogens with two attached hydrogens (primary N) is 1. The number of carboxylic acid groups (broad SMARTS) is 1. The first-order valence-corrected chi connectivity index (χ1v) is 14.6. The number of rotatable bonds is 9. The summed E-state index contributed by atoms with van der Waals surface area (Å²) in [6, 6.07) is -0.918. The third kappa shape index (κ3) is 4.76. The van der Waals surface area contributed by atoms with E-state index >= 15 is 0 Å². The summed E-state index contributed by atoms with van der Waals surface area (Å²) >= 11 is 2.56. The molecule has 4 saturated heterocycles. The number of carbonyl (C=O) groups excluding carboxylic acids is 3. The van der Waals surface area contributed by atoms with Gasteiger partial charge in [0.2, 0.25) is 0 Å². The standard InChI is InChI=1S/C24H30N6O7S2/c1-3-37-22(35)24-4-7-30(8-5-24,9-6-24)10-13-11-38-20-16(19(32)29(20)17(13)21(33)34)27-18(31)15(28-36-2)14-12-39-23(25)26-14/h12,16,20H,3-11H2,1-2H3,(H3-,25,26,27,31,33,34)/p+1/b28-15-/t16-,20-,24?,30?/m1/s1. The summed E-state index contributed by atoms with van der Waals surface area (Å²) in [6.45, 7) is 4.97. The molecular weight excluding hydrogens is 548 g/mol. The van der Waals surface area contributed by atoms with Crippen LogP contribution in [0.3, 0.4) is 0 Å². The van der Waals surface area contributed by atoms with Gasteiger partial charge in [0.25, 0.3) is 11.8 Å². The van der Waals surface area contributed by atoms with Crippen molar-refractivity contribution in [1.29, 1.82) is 0 Å². The third-order valence-corrected chi connectivity index (χ3v) is 10.1. The van der Waals surface area contributed by atoms with Crippen LogP contribution in [-0.2, 0) is 28.8 Å². The predicted octanol–water partition coefficient (Wildman–Crippen LogP) is 0.378. The first kappa shape index (κ1) is 27.4. The minimum absolute atomic E-state index is 0.00684. The lowest BCUT2D eigenvalue weighted by Gasteiger charge is -2.55. The topological polar surface area (TPSA) is 174 Å². The van der Waals surface area contributed by atoms with E-state index in [0.29, 0.717) is 48.2 Å². The second-order valence-corrected chi connectivity index (χ2v) is 12.2. The number of thioether (sulfide) groups is 1. The molecule has 6 rings (SSSR count). The maximum absolute atomic E-state index is 13.2. The van der Waals surface area contributed by atoms with Crippen LogP contribution in [0.15, 0.2) is 21.8 Å². The molecule has 0 radical (unpaired) electrons. The Kier molecular flexibility index (Phi) is 7.33. The number of carbonyl (C=O) groups is 4. The zero-order valence-electron chi connectivity index (χ0n) is 21.7. The number of hydrogen-bond donors (Lipinski definition) is 3. The Labute approximate surface area is 233 Å². The van der Waals surface area contributed by atoms with Crippen molar-refractivity contribution in [1.82, 2.24) is 15.2 Å². The number of aromatic nitrogens is 1. The van der Waals surface area contributed by atoms with Crippen LogP contribution in [0.4, 0.5) is 5.13 Å². The monoisotopic (exact) mass is 579 g/mol. The van der Waals surface area contributed by atoms with Crippen LogP contribution in [0.25, 0.3) is 0 Å². The maximum Gasteiger partial charge on any atom is 0.352 e. The van der Waals surface area contributed by atoms with E-state index in [1.165, 1.54) is 23.8 Å². The number of aliphatic carboxylic acids is 1. The molecule has 4 N–H and O–H groups in total. The molecule has 1 aromatic heterocycles. The van der Waals surface area contributed by atoms with E-state index < -0.39 is 34.6 Å². The number of nitrogens with zero attached hydrogens (tertiary/aromatic N) is 4. The average Bonchev–Trinajstić information content (AvgIpc) is 3.36. The van der Waals surface area contributed by atoms with Gasteiger partial charge in [-0.3, -0.25) is 19.3 Å². The lowest BCUT2D eigenvalue weighted by molar-refractivity contribution is -0.940. The lowest BCUT2D eigenvalue weighted by atomic mass is 9.70. The minimum Gasteiger partial charge on any atom is -0.477 e. The molecule has 210 valence electrons. The van der Waals surface area contributed by atoms with Crippen molar-refractivity contribution in [3.8, 4) is 0 Å². The summed E-state index contributed by atoms with van der Waals surface area (Å²) in [4.78, 5) is 61.2. The number of nitrogen functional groups attached to an aromatic ring is 1. The molecule has 0 saturated carbocycles. The average molecular weight is 580 g/mol. The number of nitrogens with one attached hydrogen (secondary N) is 1. The zero-order valence-corrected chi connectivity index (χ0v) is 23.3. The molecule has 2 bridgehead atoms. The highest BCUT2D eigenvalue weighted by atomic mass is 32.2. The fraction of sp³-hybridized carbons (Fsp3) is 0.583. The molecule has 5 aliphatic heterocycles. The number of ether oxygens (including phenoxy) is 1. The van der Waals surface area contributed by atoms with Crippen molar-refractivity contribution in [2.45, 2.75) is 37.6 Å². The van der Waals surface area contributed by atoms with Gasteiger partial charge >= 0.3 is 11.9 Å². The van der Waals surface area contributed by atoms with Gasteiger partial charge in [-0.15, -0.1) is 23.1 Å². The van der Waals surface area contributed by atoms with Crippen molar-refractivity contribution < 1.29 is 38.3 Å². The molecule has 0 aromatic carbocycles. The van der Waals surface area contributed by atoms with Crippen LogP contribution >= 0.6 is 23.1 Å². The SMILES string of the molecule is CCOC(=O)C12CC[N+](CC3=C(C(=O)O)N4C(=O)[C@@H](NC(=O)/C(=N\OC)c5csc(N)n5)[C@H]4SC3)(CC1)CC2. The first-order chi connectivity index (χ1) is 18.6. The van der Waals surface area contributed by atoms with Crippen LogP contribution in [-0.4, -0.2) is 106 Å². The van der Waals surface area contributed by atoms with Gasteiger partial charge in [0.15, 0.2) is 10.8 Å². The van der Waals surface area contributed by atoms with Gasteiger partial charge in [-0.25, -0.2) is 9.78 Å². The van der Waals surface area contributed by atoms with Gasteiger partial charge in [0.1, 0.15) is 36.5 Å². The van der Waals surface area contributed by atoms with E-state index in [1.54, 1.807) is 5.38 Å². The number of oxime groups is 1. The van der Waals surface area contributed by atoms with Crippen molar-refractivity contribution in [3.05, 3.63) is 22.3 Å². The molecule has 15 heteroatoms. The highest BCUT2D eigenvalue weighted by Gasteiger charge is 2.57. The minimum atomic E-state index is -1.17. The van der Waals surface area contributed by atoms with Crippen LogP contribution < -0.4 is 11.1 Å². The molecular formula is C24H31N6O7S2+. The molecule has 6 heterocycles. The van der Waals surface area contributed by atoms with Crippen LogP contribution in [0.1, 0.15) is 31.9 Å². The van der Waals surface area contributed by atoms with Crippen molar-refractivity contribution in [2.24, 2.45) is 10.6 Å². The fourth-order valence-electron chi connectivity index (χ4n) is 6.00. The number of amides is 2. The largest absolute Gasteiger partial charge is 0.477 e. The summed E-state index contributed by atoms with van der Waals surface area (Å²) in [6.07, 6.45) is 2.14. The molecule has 5 aliphatic rings. The molecule has 2 atom stereocenters. The number of hydrogen-bond acceptors (Lipinski definition) is 11. The van der Waals surface area contributed by atoms with Gasteiger partial charge in [-0.1, -0.05) is 5.16 Å². The summed E-state index contributed by atoms with van der Waals surface area (Å²) in [7, 11) is 1.29. The molecule has 0 unspecified atom stereocenters. The Morgan fingerprint density at radius 2 is 2.00 bits per heavy atom. The van der Waals surface area contributed by atoms with Crippen molar-refractivity contribution >= 4 is 57.7 Å². The van der Waals surface area contributed by atoms with Gasteiger partial charge in [0.05, 0.1) is 31.7 Å². The predicted molar refractivity (Wildman–Crippen MR) is 142 cm³/mol. The van der Waals surface area contributed by atoms with Crippen LogP contribution in [0.2, 0.25) is 0 Å². The molecule has 0 aliphatic carbocycles. The Balaban J connectivity index is 1.30. The van der Waals surface area contributed by atoms with E-state index in [-0.39, 0.29) is 28.2 Å². The number of thiazole rings is 1. The van der Waals surface area contributed by atoms with Crippen molar-refractivity contribution in [3.63, 3.8) is 0 Å². The normalized spacial score (nSPS) is 29.9. The Bertz CT molecular complexity index is 1250. The van der Waals surface area contributed by atoms with Gasteiger partial charge < -0.3 is 30.2 Å². The number of quaternary nitrogens is 1. The number of fused-ring (bicyclic) bond motifs is 4. The van der Waals surface area contributed by atoms with Gasteiger partial charge in [0, 0.05) is 36.0 Å². The van der Waals surface area contributed by atoms with E-state index in [4.69, 9.17) is 15.3 Å². The Hall–Kier alpha value is -3.17. The molecule has 1 aromatic rings. The van der Waals surface area contributed by atoms with Gasteiger partial charge in [-0.05, 0) is 6.92 Å². The van der Waals surface area contributed by atoms with E-state index in [0.717, 1.165) is 31.0 Å². The number of carboxylic acids is 1. The number of anilines is 1. The number of piperidine rings is 3. The van der Waals surface area contributed by atoms with E-state index in [9.17, 15) is 24.3 Å². The van der Waals surface area contributed by atoms with E-state index in [2.05, 4.69) is 15.5 Å². The number of esters is 1. The second-order valence-electron chi connectivity index (χ2n) is 10.2. The summed E-state index contributed by atoms with van der Waals surface area (Å²) in [5.41, 5.74) is 6.02. The zero-order chi connectivity index (χ0) is 27.9.